The fourth-order valence-electron chi connectivity index (χ4n) is 2.07. The number of aromatic carboxylic acids is 1. The van der Waals surface area contributed by atoms with Crippen molar-refractivity contribution in [2.24, 2.45) is 0 Å². The highest BCUT2D eigenvalue weighted by Gasteiger charge is 2.13. The number of aromatic nitrogens is 2. The van der Waals surface area contributed by atoms with Crippen LogP contribution in [0.5, 0.6) is 0 Å². The van der Waals surface area contributed by atoms with Crippen LogP contribution in [0.2, 0.25) is 0 Å². The van der Waals surface area contributed by atoms with Crippen molar-refractivity contribution in [2.45, 2.75) is 0 Å². The topological polar surface area (TPSA) is 63.1 Å². The Morgan fingerprint density at radius 3 is 2.71 bits per heavy atom. The molecule has 0 spiro atoms. The predicted octanol–water partition coefficient (Wildman–Crippen LogP) is 3.90. The lowest BCUT2D eigenvalue weighted by atomic mass is 10.1. The summed E-state index contributed by atoms with van der Waals surface area (Å²) in [6.07, 6.45) is 2.53. The zero-order chi connectivity index (χ0) is 15.0. The smallest absolute Gasteiger partial charge is 0.336 e. The van der Waals surface area contributed by atoms with E-state index in [1.807, 2.05) is 0 Å². The lowest BCUT2D eigenvalue weighted by Crippen LogP contribution is -2.00. The van der Waals surface area contributed by atoms with Gasteiger partial charge in [0.05, 0.1) is 23.0 Å². The molecule has 0 unspecified atom stereocenters. The molecule has 4 nitrogen and oxygen atoms in total. The summed E-state index contributed by atoms with van der Waals surface area (Å²) in [5, 5.41) is 9.89. The maximum atomic E-state index is 13.3. The number of halogens is 2. The molecule has 0 aliphatic rings. The minimum Gasteiger partial charge on any atom is -0.478 e. The number of hydrogen-bond donors (Lipinski definition) is 1. The average Bonchev–Trinajstić information content (AvgIpc) is 2.46. The molecule has 0 atom stereocenters. The Hall–Kier alpha value is -2.34. The largest absolute Gasteiger partial charge is 0.478 e. The Kier molecular flexibility index (Phi) is 3.39. The second-order valence-electron chi connectivity index (χ2n) is 4.41. The van der Waals surface area contributed by atoms with E-state index in [4.69, 9.17) is 0 Å². The summed E-state index contributed by atoms with van der Waals surface area (Å²) in [4.78, 5) is 19.6. The van der Waals surface area contributed by atoms with Crippen LogP contribution in [0.25, 0.3) is 22.2 Å². The normalized spacial score (nSPS) is 10.8. The molecule has 0 aliphatic heterocycles. The standard InChI is InChI=1S/C15H8BrFN2O2/c16-9-1-2-13-11(4-9)12(15(20)21)5-14(19-13)8-3-10(17)7-18-6-8/h1-7H,(H,20,21). The number of rotatable bonds is 2. The summed E-state index contributed by atoms with van der Waals surface area (Å²) >= 11 is 3.31. The van der Waals surface area contributed by atoms with Crippen LogP contribution < -0.4 is 0 Å². The number of fused-ring (bicyclic) bond motifs is 1. The minimum absolute atomic E-state index is 0.112. The molecule has 3 rings (SSSR count). The number of nitrogens with zero attached hydrogens (tertiary/aromatic N) is 2. The van der Waals surface area contributed by atoms with Crippen molar-refractivity contribution >= 4 is 32.8 Å². The second kappa shape index (κ2) is 5.21. The van der Waals surface area contributed by atoms with Crippen LogP contribution in [0.1, 0.15) is 10.4 Å². The first-order chi connectivity index (χ1) is 10.0. The Morgan fingerprint density at radius 1 is 1.19 bits per heavy atom. The van der Waals surface area contributed by atoms with Crippen molar-refractivity contribution in [3.05, 3.63) is 58.6 Å². The van der Waals surface area contributed by atoms with E-state index in [9.17, 15) is 14.3 Å². The molecule has 0 saturated carbocycles. The molecule has 2 aromatic heterocycles. The van der Waals surface area contributed by atoms with Crippen molar-refractivity contribution in [1.29, 1.82) is 0 Å². The van der Waals surface area contributed by atoms with E-state index >= 15 is 0 Å². The summed E-state index contributed by atoms with van der Waals surface area (Å²) in [6.45, 7) is 0. The van der Waals surface area contributed by atoms with Crippen LogP contribution in [-0.4, -0.2) is 21.0 Å². The van der Waals surface area contributed by atoms with Crippen molar-refractivity contribution in [1.82, 2.24) is 9.97 Å². The minimum atomic E-state index is -1.06. The second-order valence-corrected chi connectivity index (χ2v) is 5.33. The van der Waals surface area contributed by atoms with E-state index in [0.717, 1.165) is 10.7 Å². The van der Waals surface area contributed by atoms with Crippen molar-refractivity contribution in [3.8, 4) is 11.3 Å². The van der Waals surface area contributed by atoms with Gasteiger partial charge in [-0.15, -0.1) is 0 Å². The van der Waals surface area contributed by atoms with Gasteiger partial charge in [-0.1, -0.05) is 15.9 Å². The first-order valence-electron chi connectivity index (χ1n) is 5.99. The van der Waals surface area contributed by atoms with Crippen molar-refractivity contribution < 1.29 is 14.3 Å². The van der Waals surface area contributed by atoms with E-state index in [1.54, 1.807) is 18.2 Å². The van der Waals surface area contributed by atoms with Crippen LogP contribution >= 0.6 is 15.9 Å². The van der Waals surface area contributed by atoms with Crippen molar-refractivity contribution in [3.63, 3.8) is 0 Å². The zero-order valence-electron chi connectivity index (χ0n) is 10.5. The molecule has 0 bridgehead atoms. The summed E-state index contributed by atoms with van der Waals surface area (Å²) in [6, 6.07) is 7.87. The zero-order valence-corrected chi connectivity index (χ0v) is 12.1. The molecule has 1 N–H and O–H groups in total. The Balaban J connectivity index is 2.31. The van der Waals surface area contributed by atoms with Crippen LogP contribution in [-0.2, 0) is 0 Å². The molecular formula is C15H8BrFN2O2. The summed E-state index contributed by atoms with van der Waals surface area (Å²) in [7, 11) is 0. The van der Waals surface area contributed by atoms with Crippen LogP contribution in [0.15, 0.2) is 47.2 Å². The molecule has 0 amide bonds. The van der Waals surface area contributed by atoms with E-state index < -0.39 is 11.8 Å². The van der Waals surface area contributed by atoms with Crippen LogP contribution in [0, 0.1) is 5.82 Å². The molecular weight excluding hydrogens is 339 g/mol. The summed E-state index contributed by atoms with van der Waals surface area (Å²) in [5.41, 5.74) is 1.44. The highest BCUT2D eigenvalue weighted by molar-refractivity contribution is 9.10. The van der Waals surface area contributed by atoms with Crippen LogP contribution in [0.3, 0.4) is 0 Å². The van der Waals surface area contributed by atoms with Crippen molar-refractivity contribution in [2.75, 3.05) is 0 Å². The van der Waals surface area contributed by atoms with Gasteiger partial charge in [-0.25, -0.2) is 14.2 Å². The highest BCUT2D eigenvalue weighted by atomic mass is 79.9. The molecule has 0 fully saturated rings. The fourth-order valence-corrected chi connectivity index (χ4v) is 2.44. The van der Waals surface area contributed by atoms with E-state index in [0.29, 0.717) is 22.2 Å². The number of benzene rings is 1. The van der Waals surface area contributed by atoms with E-state index in [1.165, 1.54) is 18.3 Å². The van der Waals surface area contributed by atoms with Gasteiger partial charge in [0.15, 0.2) is 0 Å². The number of carboxylic acid groups (broad SMARTS) is 1. The third kappa shape index (κ3) is 2.62. The van der Waals surface area contributed by atoms with E-state index in [-0.39, 0.29) is 5.56 Å². The number of carboxylic acids is 1. The Bertz CT molecular complexity index is 867. The van der Waals surface area contributed by atoms with Gasteiger partial charge in [-0.05, 0) is 30.3 Å². The van der Waals surface area contributed by atoms with Gasteiger partial charge in [-0.3, -0.25) is 4.98 Å². The highest BCUT2D eigenvalue weighted by Crippen LogP contribution is 2.27. The summed E-state index contributed by atoms with van der Waals surface area (Å²) < 4.78 is 14.0. The van der Waals surface area contributed by atoms with Gasteiger partial charge < -0.3 is 5.11 Å². The van der Waals surface area contributed by atoms with Gasteiger partial charge >= 0.3 is 5.97 Å². The Morgan fingerprint density at radius 2 is 2.00 bits per heavy atom. The van der Waals surface area contributed by atoms with Crippen LogP contribution in [0.4, 0.5) is 4.39 Å². The third-order valence-electron chi connectivity index (χ3n) is 3.00. The fraction of sp³-hybridized carbons (Fsp3) is 0. The maximum Gasteiger partial charge on any atom is 0.336 e. The number of hydrogen-bond acceptors (Lipinski definition) is 3. The summed E-state index contributed by atoms with van der Waals surface area (Å²) in [5.74, 6) is -1.56. The van der Waals surface area contributed by atoms with Gasteiger partial charge in [0, 0.05) is 21.6 Å². The van der Waals surface area contributed by atoms with Gasteiger partial charge in [-0.2, -0.15) is 0 Å². The molecule has 0 saturated heterocycles. The average molecular weight is 347 g/mol. The maximum absolute atomic E-state index is 13.3. The quantitative estimate of drug-likeness (QED) is 0.764. The molecule has 0 aliphatic carbocycles. The molecule has 2 heterocycles. The number of carbonyl (C=O) groups is 1. The lowest BCUT2D eigenvalue weighted by Gasteiger charge is -2.07. The molecule has 3 aromatic rings. The lowest BCUT2D eigenvalue weighted by molar-refractivity contribution is 0.0699. The van der Waals surface area contributed by atoms with Gasteiger partial charge in [0.2, 0.25) is 0 Å². The molecule has 104 valence electrons. The number of pyridine rings is 2. The van der Waals surface area contributed by atoms with Gasteiger partial charge in [0.25, 0.3) is 0 Å². The molecule has 21 heavy (non-hydrogen) atoms. The molecule has 1 aromatic carbocycles. The SMILES string of the molecule is O=C(O)c1cc(-c2cncc(F)c2)nc2ccc(Br)cc12. The molecule has 0 radical (unpaired) electrons. The third-order valence-corrected chi connectivity index (χ3v) is 3.50. The first-order valence-corrected chi connectivity index (χ1v) is 6.78. The van der Waals surface area contributed by atoms with Gasteiger partial charge in [0.1, 0.15) is 5.82 Å². The predicted molar refractivity (Wildman–Crippen MR) is 79.6 cm³/mol. The Labute approximate surface area is 127 Å². The first kappa shape index (κ1) is 13.6. The van der Waals surface area contributed by atoms with E-state index in [2.05, 4.69) is 25.9 Å². The monoisotopic (exact) mass is 346 g/mol. The molecule has 6 heteroatoms.